The van der Waals surface area contributed by atoms with Crippen molar-refractivity contribution in [2.45, 2.75) is 32.4 Å². The Bertz CT molecular complexity index is 827. The van der Waals surface area contributed by atoms with Crippen molar-refractivity contribution in [1.82, 2.24) is 20.5 Å². The number of carbonyl (C=O) groups excluding carboxylic acids is 1. The van der Waals surface area contributed by atoms with E-state index in [1.165, 1.54) is 0 Å². The van der Waals surface area contributed by atoms with Crippen molar-refractivity contribution in [2.75, 3.05) is 30.9 Å². The first-order chi connectivity index (χ1) is 13.0. The lowest BCUT2D eigenvalue weighted by Crippen LogP contribution is -2.47. The van der Waals surface area contributed by atoms with Gasteiger partial charge in [-0.1, -0.05) is 6.07 Å². The van der Waals surface area contributed by atoms with Crippen LogP contribution in [0.3, 0.4) is 0 Å². The normalized spacial score (nSPS) is 19.4. The van der Waals surface area contributed by atoms with E-state index in [1.807, 2.05) is 26.0 Å². The molecule has 5 N–H and O–H groups in total. The highest BCUT2D eigenvalue weighted by Crippen LogP contribution is 2.23. The number of aryl methyl sites for hydroxylation is 2. The van der Waals surface area contributed by atoms with Crippen molar-refractivity contribution in [3.8, 4) is 0 Å². The molecule has 1 fully saturated rings. The Balaban J connectivity index is 1.88. The van der Waals surface area contributed by atoms with Gasteiger partial charge in [-0.05, 0) is 31.9 Å². The number of anilines is 3. The maximum Gasteiger partial charge on any atom is 0.273 e. The van der Waals surface area contributed by atoms with E-state index in [9.17, 15) is 4.79 Å². The second-order valence-electron chi connectivity index (χ2n) is 6.57. The summed E-state index contributed by atoms with van der Waals surface area (Å²) >= 11 is 0. The smallest absolute Gasteiger partial charge is 0.273 e. The van der Waals surface area contributed by atoms with Crippen LogP contribution in [0.15, 0.2) is 18.2 Å². The monoisotopic (exact) mass is 371 g/mol. The van der Waals surface area contributed by atoms with E-state index in [-0.39, 0.29) is 23.7 Å². The zero-order valence-electron chi connectivity index (χ0n) is 15.7. The summed E-state index contributed by atoms with van der Waals surface area (Å²) in [4.78, 5) is 16.7. The molecule has 2 atom stereocenters. The van der Waals surface area contributed by atoms with Crippen molar-refractivity contribution in [2.24, 2.45) is 5.73 Å². The third-order valence-electron chi connectivity index (χ3n) is 4.58. The molecular formula is C18H25N7O2. The van der Waals surface area contributed by atoms with E-state index < -0.39 is 0 Å². The zero-order valence-corrected chi connectivity index (χ0v) is 15.7. The molecule has 0 radical (unpaired) electrons. The predicted octanol–water partition coefficient (Wildman–Crippen LogP) is 1.12. The number of nitrogens with one attached hydrogen (secondary N) is 3. The number of amides is 1. The summed E-state index contributed by atoms with van der Waals surface area (Å²) in [6.07, 6.45) is 0.779. The fraction of sp³-hybridized carbons (Fsp3) is 0.444. The molecule has 1 aliphatic heterocycles. The van der Waals surface area contributed by atoms with Crippen molar-refractivity contribution in [1.29, 1.82) is 0 Å². The SMILES string of the molecule is CNC(=O)c1nnc(NC2CCOCC2N)cc1Nc1ccc(C)c(C)n1. The molecule has 2 unspecified atom stereocenters. The minimum absolute atomic E-state index is 0.0338. The Labute approximate surface area is 158 Å². The molecule has 3 rings (SSSR count). The van der Waals surface area contributed by atoms with Gasteiger partial charge in [-0.15, -0.1) is 10.2 Å². The molecular weight excluding hydrogens is 346 g/mol. The molecule has 0 spiro atoms. The van der Waals surface area contributed by atoms with E-state index in [0.29, 0.717) is 30.5 Å². The Morgan fingerprint density at radius 2 is 2.07 bits per heavy atom. The molecule has 1 amide bonds. The van der Waals surface area contributed by atoms with Crippen LogP contribution in [0.2, 0.25) is 0 Å². The molecule has 0 aromatic carbocycles. The standard InChI is InChI=1S/C18H25N7O2/c1-10-4-5-15(21-11(10)2)23-14-8-16(24-25-17(14)18(26)20-3)22-13-6-7-27-9-12(13)19/h4-5,8,12-13H,6-7,9,19H2,1-3H3,(H,20,26)(H2,21,22,23,24). The number of pyridine rings is 1. The van der Waals surface area contributed by atoms with Crippen LogP contribution < -0.4 is 21.7 Å². The first-order valence-corrected chi connectivity index (χ1v) is 8.89. The highest BCUT2D eigenvalue weighted by Gasteiger charge is 2.23. The summed E-state index contributed by atoms with van der Waals surface area (Å²) < 4.78 is 5.36. The van der Waals surface area contributed by atoms with Crippen LogP contribution in [0.25, 0.3) is 0 Å². The van der Waals surface area contributed by atoms with Gasteiger partial charge in [0, 0.05) is 37.5 Å². The lowest BCUT2D eigenvalue weighted by Gasteiger charge is -2.29. The number of nitrogens with two attached hydrogens (primary N) is 1. The summed E-state index contributed by atoms with van der Waals surface area (Å²) in [6, 6.07) is 5.48. The second kappa shape index (κ2) is 8.28. The minimum atomic E-state index is -0.330. The molecule has 2 aromatic rings. The van der Waals surface area contributed by atoms with Crippen LogP contribution in [0.4, 0.5) is 17.3 Å². The topological polar surface area (TPSA) is 127 Å². The second-order valence-corrected chi connectivity index (χ2v) is 6.57. The number of nitrogens with zero attached hydrogens (tertiary/aromatic N) is 3. The molecule has 27 heavy (non-hydrogen) atoms. The maximum absolute atomic E-state index is 12.2. The third kappa shape index (κ3) is 4.50. The molecule has 9 heteroatoms. The molecule has 3 heterocycles. The summed E-state index contributed by atoms with van der Waals surface area (Å²) in [6.45, 7) is 5.07. The maximum atomic E-state index is 12.2. The third-order valence-corrected chi connectivity index (χ3v) is 4.58. The van der Waals surface area contributed by atoms with Gasteiger partial charge in [0.1, 0.15) is 5.82 Å². The summed E-state index contributed by atoms with van der Waals surface area (Å²) in [5.41, 5.74) is 8.81. The van der Waals surface area contributed by atoms with Crippen LogP contribution in [0.1, 0.15) is 28.2 Å². The highest BCUT2D eigenvalue weighted by molar-refractivity contribution is 5.98. The number of carbonyl (C=O) groups is 1. The van der Waals surface area contributed by atoms with Crippen LogP contribution in [-0.4, -0.2) is 53.4 Å². The van der Waals surface area contributed by atoms with Crippen LogP contribution >= 0.6 is 0 Å². The Morgan fingerprint density at radius 1 is 1.26 bits per heavy atom. The van der Waals surface area contributed by atoms with Gasteiger partial charge in [0.25, 0.3) is 5.91 Å². The lowest BCUT2D eigenvalue weighted by molar-refractivity contribution is 0.0751. The first kappa shape index (κ1) is 19.0. The number of hydrogen-bond donors (Lipinski definition) is 4. The average Bonchev–Trinajstić information content (AvgIpc) is 2.66. The fourth-order valence-corrected chi connectivity index (χ4v) is 2.81. The molecule has 0 saturated carbocycles. The van der Waals surface area contributed by atoms with Crippen LogP contribution in [-0.2, 0) is 4.74 Å². The first-order valence-electron chi connectivity index (χ1n) is 8.89. The molecule has 9 nitrogen and oxygen atoms in total. The fourth-order valence-electron chi connectivity index (χ4n) is 2.81. The van der Waals surface area contributed by atoms with Gasteiger partial charge in [-0.2, -0.15) is 0 Å². The average molecular weight is 371 g/mol. The van der Waals surface area contributed by atoms with Crippen molar-refractivity contribution in [3.63, 3.8) is 0 Å². The number of rotatable bonds is 5. The largest absolute Gasteiger partial charge is 0.380 e. The van der Waals surface area contributed by atoms with Gasteiger partial charge >= 0.3 is 0 Å². The number of ether oxygens (including phenoxy) is 1. The number of aromatic nitrogens is 3. The van der Waals surface area contributed by atoms with Crippen LogP contribution in [0, 0.1) is 13.8 Å². The predicted molar refractivity (Wildman–Crippen MR) is 103 cm³/mol. The quantitative estimate of drug-likeness (QED) is 0.616. The molecule has 1 aliphatic rings. The van der Waals surface area contributed by atoms with E-state index in [2.05, 4.69) is 31.1 Å². The van der Waals surface area contributed by atoms with E-state index in [0.717, 1.165) is 17.7 Å². The van der Waals surface area contributed by atoms with E-state index >= 15 is 0 Å². The number of hydrogen-bond acceptors (Lipinski definition) is 8. The summed E-state index contributed by atoms with van der Waals surface area (Å²) in [5, 5.41) is 17.3. The molecule has 0 aliphatic carbocycles. The molecule has 2 aromatic heterocycles. The van der Waals surface area contributed by atoms with Crippen LogP contribution in [0.5, 0.6) is 0 Å². The zero-order chi connectivity index (χ0) is 19.4. The van der Waals surface area contributed by atoms with E-state index in [1.54, 1.807) is 13.1 Å². The van der Waals surface area contributed by atoms with Gasteiger partial charge in [0.05, 0.1) is 12.3 Å². The summed E-state index contributed by atoms with van der Waals surface area (Å²) in [5.74, 6) is 0.837. The van der Waals surface area contributed by atoms with Crippen molar-refractivity contribution < 1.29 is 9.53 Å². The minimum Gasteiger partial charge on any atom is -0.380 e. The lowest BCUT2D eigenvalue weighted by atomic mass is 10.0. The van der Waals surface area contributed by atoms with Crippen molar-refractivity contribution in [3.05, 3.63) is 35.2 Å². The van der Waals surface area contributed by atoms with Gasteiger partial charge in [-0.3, -0.25) is 4.79 Å². The van der Waals surface area contributed by atoms with Gasteiger partial charge in [-0.25, -0.2) is 4.98 Å². The molecule has 0 bridgehead atoms. The molecule has 1 saturated heterocycles. The van der Waals surface area contributed by atoms with Gasteiger partial charge in [0.15, 0.2) is 11.5 Å². The Morgan fingerprint density at radius 3 is 2.78 bits per heavy atom. The summed E-state index contributed by atoms with van der Waals surface area (Å²) in [7, 11) is 1.55. The van der Waals surface area contributed by atoms with E-state index in [4.69, 9.17) is 10.5 Å². The van der Waals surface area contributed by atoms with Gasteiger partial charge < -0.3 is 26.4 Å². The Kier molecular flexibility index (Phi) is 5.82. The molecule has 144 valence electrons. The Hall–Kier alpha value is -2.78. The highest BCUT2D eigenvalue weighted by atomic mass is 16.5. The van der Waals surface area contributed by atoms with Crippen molar-refractivity contribution >= 4 is 23.2 Å². The van der Waals surface area contributed by atoms with Gasteiger partial charge in [0.2, 0.25) is 0 Å².